The number of anilines is 1. The Morgan fingerprint density at radius 2 is 2.35 bits per heavy atom. The van der Waals surface area contributed by atoms with Gasteiger partial charge >= 0.3 is 0 Å². The second kappa shape index (κ2) is 4.04. The van der Waals surface area contributed by atoms with Crippen molar-refractivity contribution < 1.29 is 0 Å². The third-order valence-corrected chi connectivity index (χ3v) is 3.67. The molecule has 0 aromatic carbocycles. The molecule has 0 amide bonds. The summed E-state index contributed by atoms with van der Waals surface area (Å²) < 4.78 is 2.12. The molecule has 2 N–H and O–H groups in total. The summed E-state index contributed by atoms with van der Waals surface area (Å²) in [5.74, 6) is 1.94. The number of pyridine rings is 1. The van der Waals surface area contributed by atoms with E-state index >= 15 is 0 Å². The van der Waals surface area contributed by atoms with Gasteiger partial charge in [-0.25, -0.2) is 4.98 Å². The normalized spacial score (nSPS) is 17.3. The number of nitrogens with zero attached hydrogens (tertiary/aromatic N) is 3. The summed E-state index contributed by atoms with van der Waals surface area (Å²) in [6, 6.07) is 6.64. The van der Waals surface area contributed by atoms with Gasteiger partial charge in [0.1, 0.15) is 11.5 Å². The van der Waals surface area contributed by atoms with Crippen molar-refractivity contribution in [3.63, 3.8) is 0 Å². The van der Waals surface area contributed by atoms with E-state index in [9.17, 15) is 0 Å². The highest BCUT2D eigenvalue weighted by atomic mass is 15.2. The van der Waals surface area contributed by atoms with Crippen LogP contribution in [0.5, 0.6) is 0 Å². The molecule has 1 fully saturated rings. The lowest BCUT2D eigenvalue weighted by molar-refractivity contribution is 0.564. The highest BCUT2D eigenvalue weighted by Gasteiger charge is 2.33. The third-order valence-electron chi connectivity index (χ3n) is 3.67. The first-order valence-corrected chi connectivity index (χ1v) is 6.16. The number of aromatic nitrogens is 2. The van der Waals surface area contributed by atoms with Gasteiger partial charge in [0.05, 0.1) is 0 Å². The molecule has 1 aliphatic carbocycles. The second-order valence-corrected chi connectivity index (χ2v) is 4.79. The number of rotatable bonds is 4. The van der Waals surface area contributed by atoms with E-state index in [1.807, 2.05) is 18.5 Å². The minimum Gasteiger partial charge on any atom is -0.356 e. The van der Waals surface area contributed by atoms with Gasteiger partial charge < -0.3 is 10.6 Å². The SMILES string of the molecule is CN(c1cccc2nccn12)C(CN)C1CC1. The predicted molar refractivity (Wildman–Crippen MR) is 69.2 cm³/mol. The summed E-state index contributed by atoms with van der Waals surface area (Å²) in [5, 5.41) is 0. The predicted octanol–water partition coefficient (Wildman–Crippen LogP) is 1.51. The Kier molecular flexibility index (Phi) is 2.52. The maximum Gasteiger partial charge on any atom is 0.138 e. The highest BCUT2D eigenvalue weighted by molar-refractivity contribution is 5.51. The van der Waals surface area contributed by atoms with Crippen LogP contribution in [0.2, 0.25) is 0 Å². The first kappa shape index (κ1) is 10.6. The molecule has 2 heterocycles. The molecule has 2 aromatic heterocycles. The van der Waals surface area contributed by atoms with Crippen molar-refractivity contribution in [3.8, 4) is 0 Å². The lowest BCUT2D eigenvalue weighted by Gasteiger charge is -2.29. The minimum atomic E-state index is 0.447. The van der Waals surface area contributed by atoms with Gasteiger partial charge in [-0.1, -0.05) is 6.07 Å². The molecule has 0 spiro atoms. The molecule has 4 heteroatoms. The standard InChI is InChI=1S/C13H18N4/c1-16(11(9-14)10-5-6-10)13-4-2-3-12-15-7-8-17(12)13/h2-4,7-8,10-11H,5-6,9,14H2,1H3. The van der Waals surface area contributed by atoms with Gasteiger partial charge in [-0.05, 0) is 30.9 Å². The molecular weight excluding hydrogens is 212 g/mol. The van der Waals surface area contributed by atoms with Crippen LogP contribution >= 0.6 is 0 Å². The van der Waals surface area contributed by atoms with E-state index < -0.39 is 0 Å². The fraction of sp³-hybridized carbons (Fsp3) is 0.462. The quantitative estimate of drug-likeness (QED) is 0.866. The van der Waals surface area contributed by atoms with Gasteiger partial charge in [0.25, 0.3) is 0 Å². The zero-order valence-electron chi connectivity index (χ0n) is 10.1. The molecule has 2 aromatic rings. The molecule has 4 nitrogen and oxygen atoms in total. The third kappa shape index (κ3) is 1.78. The first-order chi connectivity index (χ1) is 8.31. The molecule has 1 atom stereocenters. The van der Waals surface area contributed by atoms with E-state index in [-0.39, 0.29) is 0 Å². The topological polar surface area (TPSA) is 46.6 Å². The van der Waals surface area contributed by atoms with Crippen molar-refractivity contribution in [1.82, 2.24) is 9.38 Å². The number of likely N-dealkylation sites (N-methyl/N-ethyl adjacent to an activating group) is 1. The Morgan fingerprint density at radius 1 is 1.53 bits per heavy atom. The molecule has 0 saturated heterocycles. The van der Waals surface area contributed by atoms with Gasteiger partial charge in [-0.2, -0.15) is 0 Å². The number of hydrogen-bond donors (Lipinski definition) is 1. The average Bonchev–Trinajstić information content (AvgIpc) is 3.06. The van der Waals surface area contributed by atoms with Crippen molar-refractivity contribution in [3.05, 3.63) is 30.6 Å². The molecule has 1 unspecified atom stereocenters. The zero-order valence-corrected chi connectivity index (χ0v) is 10.1. The van der Waals surface area contributed by atoms with Crippen LogP contribution in [0.15, 0.2) is 30.6 Å². The van der Waals surface area contributed by atoms with E-state index in [1.54, 1.807) is 0 Å². The number of nitrogens with two attached hydrogens (primary N) is 1. The number of fused-ring (bicyclic) bond motifs is 1. The van der Waals surface area contributed by atoms with Crippen LogP contribution in [-0.2, 0) is 0 Å². The molecule has 0 bridgehead atoms. The summed E-state index contributed by atoms with van der Waals surface area (Å²) in [4.78, 5) is 6.61. The molecule has 3 rings (SSSR count). The van der Waals surface area contributed by atoms with Crippen LogP contribution in [0.25, 0.3) is 5.65 Å². The summed E-state index contributed by atoms with van der Waals surface area (Å²) in [7, 11) is 2.13. The molecule has 0 radical (unpaired) electrons. The number of hydrogen-bond acceptors (Lipinski definition) is 3. The summed E-state index contributed by atoms with van der Waals surface area (Å²) in [6.07, 6.45) is 6.46. The van der Waals surface area contributed by atoms with E-state index in [0.29, 0.717) is 12.6 Å². The van der Waals surface area contributed by atoms with Crippen LogP contribution in [0.4, 0.5) is 5.82 Å². The maximum absolute atomic E-state index is 5.90. The van der Waals surface area contributed by atoms with Gasteiger partial charge in [0.2, 0.25) is 0 Å². The monoisotopic (exact) mass is 230 g/mol. The maximum atomic E-state index is 5.90. The molecule has 90 valence electrons. The van der Waals surface area contributed by atoms with Gasteiger partial charge in [-0.15, -0.1) is 0 Å². The lowest BCUT2D eigenvalue weighted by Crippen LogP contribution is -2.40. The van der Waals surface area contributed by atoms with Crippen LogP contribution in [0.3, 0.4) is 0 Å². The van der Waals surface area contributed by atoms with E-state index in [4.69, 9.17) is 5.73 Å². The van der Waals surface area contributed by atoms with Crippen molar-refractivity contribution in [2.75, 3.05) is 18.5 Å². The Hall–Kier alpha value is -1.55. The smallest absolute Gasteiger partial charge is 0.138 e. The minimum absolute atomic E-state index is 0.447. The van der Waals surface area contributed by atoms with Crippen LogP contribution in [0.1, 0.15) is 12.8 Å². The molecule has 1 aliphatic rings. The van der Waals surface area contributed by atoms with Gasteiger partial charge in [0, 0.05) is 32.0 Å². The Labute approximate surface area is 101 Å². The Morgan fingerprint density at radius 3 is 3.06 bits per heavy atom. The van der Waals surface area contributed by atoms with Crippen molar-refractivity contribution in [2.45, 2.75) is 18.9 Å². The Balaban J connectivity index is 1.98. The van der Waals surface area contributed by atoms with Crippen LogP contribution < -0.4 is 10.6 Å². The number of imidazole rings is 1. The van der Waals surface area contributed by atoms with Gasteiger partial charge in [0.15, 0.2) is 0 Å². The van der Waals surface area contributed by atoms with Crippen molar-refractivity contribution in [2.24, 2.45) is 11.7 Å². The van der Waals surface area contributed by atoms with Crippen LogP contribution in [0, 0.1) is 5.92 Å². The molecule has 1 saturated carbocycles. The lowest BCUT2D eigenvalue weighted by atomic mass is 10.1. The second-order valence-electron chi connectivity index (χ2n) is 4.79. The zero-order chi connectivity index (χ0) is 11.8. The van der Waals surface area contributed by atoms with E-state index in [1.165, 1.54) is 18.7 Å². The molecule has 17 heavy (non-hydrogen) atoms. The largest absolute Gasteiger partial charge is 0.356 e. The fourth-order valence-electron chi connectivity index (χ4n) is 2.54. The molecular formula is C13H18N4. The van der Waals surface area contributed by atoms with Crippen molar-refractivity contribution in [1.29, 1.82) is 0 Å². The first-order valence-electron chi connectivity index (χ1n) is 6.16. The van der Waals surface area contributed by atoms with E-state index in [0.717, 1.165) is 11.6 Å². The fourth-order valence-corrected chi connectivity index (χ4v) is 2.54. The molecule has 0 aliphatic heterocycles. The van der Waals surface area contributed by atoms with Gasteiger partial charge in [-0.3, -0.25) is 4.40 Å². The average molecular weight is 230 g/mol. The van der Waals surface area contributed by atoms with Crippen LogP contribution in [-0.4, -0.2) is 29.0 Å². The van der Waals surface area contributed by atoms with Crippen molar-refractivity contribution >= 4 is 11.5 Å². The Bertz CT molecular complexity index is 515. The highest BCUT2D eigenvalue weighted by Crippen LogP contribution is 2.36. The summed E-state index contributed by atoms with van der Waals surface area (Å²) in [6.45, 7) is 0.715. The summed E-state index contributed by atoms with van der Waals surface area (Å²) >= 11 is 0. The summed E-state index contributed by atoms with van der Waals surface area (Å²) in [5.41, 5.74) is 6.89. The van der Waals surface area contributed by atoms with E-state index in [2.05, 4.69) is 33.5 Å².